The van der Waals surface area contributed by atoms with Gasteiger partial charge in [0.1, 0.15) is 12.2 Å². The molecule has 1 fully saturated rings. The van der Waals surface area contributed by atoms with Crippen molar-refractivity contribution in [2.75, 3.05) is 0 Å². The van der Waals surface area contributed by atoms with Crippen LogP contribution in [0.2, 0.25) is 0 Å². The van der Waals surface area contributed by atoms with Crippen LogP contribution in [0.5, 0.6) is 0 Å². The first kappa shape index (κ1) is 15.0. The lowest BCUT2D eigenvalue weighted by molar-refractivity contribution is -0.162. The van der Waals surface area contributed by atoms with Gasteiger partial charge < -0.3 is 9.47 Å². The molecule has 0 heterocycles. The fourth-order valence-corrected chi connectivity index (χ4v) is 1.92. The molecule has 0 N–H and O–H groups in total. The van der Waals surface area contributed by atoms with Crippen LogP contribution in [-0.4, -0.2) is 24.1 Å². The highest BCUT2D eigenvalue weighted by atomic mass is 16.6. The summed E-state index contributed by atoms with van der Waals surface area (Å²) in [5.74, 6) is -0.557. The van der Waals surface area contributed by atoms with Crippen LogP contribution in [0.3, 0.4) is 0 Å². The second-order valence-corrected chi connectivity index (χ2v) is 5.59. The molecule has 0 saturated heterocycles. The quantitative estimate of drug-likeness (QED) is 0.726. The van der Waals surface area contributed by atoms with Crippen molar-refractivity contribution in [1.29, 1.82) is 0 Å². The fourth-order valence-electron chi connectivity index (χ4n) is 1.92. The normalized spacial score (nSPS) is 24.1. The SMILES string of the molecule is CC(C)C(=O)OC1CCCC(OC(=O)C(C)C)C1. The van der Waals surface area contributed by atoms with Crippen LogP contribution in [0, 0.1) is 11.8 Å². The Bertz CT molecular complexity index is 268. The minimum atomic E-state index is -0.171. The molecule has 1 saturated carbocycles. The Morgan fingerprint density at radius 1 is 0.889 bits per heavy atom. The van der Waals surface area contributed by atoms with Crippen molar-refractivity contribution >= 4 is 11.9 Å². The Kier molecular flexibility index (Phi) is 5.63. The number of hydrogen-bond donors (Lipinski definition) is 0. The maximum atomic E-state index is 11.5. The van der Waals surface area contributed by atoms with Gasteiger partial charge in [-0.05, 0) is 19.3 Å². The molecule has 1 aliphatic rings. The van der Waals surface area contributed by atoms with E-state index in [4.69, 9.17) is 9.47 Å². The summed E-state index contributed by atoms with van der Waals surface area (Å²) in [6.07, 6.45) is 3.11. The van der Waals surface area contributed by atoms with Crippen molar-refractivity contribution in [3.8, 4) is 0 Å². The topological polar surface area (TPSA) is 52.6 Å². The predicted molar refractivity (Wildman–Crippen MR) is 67.9 cm³/mol. The molecule has 0 aromatic carbocycles. The van der Waals surface area contributed by atoms with Crippen LogP contribution >= 0.6 is 0 Å². The standard InChI is InChI=1S/C14H24O4/c1-9(2)13(15)17-11-6-5-7-12(8-11)18-14(16)10(3)4/h9-12H,5-8H2,1-4H3. The summed E-state index contributed by atoms with van der Waals surface area (Å²) < 4.78 is 10.8. The number of carbonyl (C=O) groups is 2. The summed E-state index contributed by atoms with van der Waals surface area (Å²) >= 11 is 0. The summed E-state index contributed by atoms with van der Waals surface area (Å²) in [7, 11) is 0. The Hall–Kier alpha value is -1.06. The first-order chi connectivity index (χ1) is 8.40. The average Bonchev–Trinajstić information content (AvgIpc) is 2.29. The van der Waals surface area contributed by atoms with Crippen molar-refractivity contribution in [3.05, 3.63) is 0 Å². The predicted octanol–water partition coefficient (Wildman–Crippen LogP) is 2.70. The van der Waals surface area contributed by atoms with Crippen molar-refractivity contribution in [3.63, 3.8) is 0 Å². The van der Waals surface area contributed by atoms with E-state index in [0.29, 0.717) is 6.42 Å². The number of esters is 2. The molecule has 1 aliphatic carbocycles. The molecule has 4 heteroatoms. The fraction of sp³-hybridized carbons (Fsp3) is 0.857. The lowest BCUT2D eigenvalue weighted by Crippen LogP contribution is -2.33. The summed E-state index contributed by atoms with van der Waals surface area (Å²) in [5.41, 5.74) is 0. The molecule has 0 amide bonds. The molecular weight excluding hydrogens is 232 g/mol. The highest BCUT2D eigenvalue weighted by Gasteiger charge is 2.28. The first-order valence-corrected chi connectivity index (χ1v) is 6.81. The lowest BCUT2D eigenvalue weighted by atomic mass is 9.94. The van der Waals surface area contributed by atoms with Crippen LogP contribution in [0.25, 0.3) is 0 Å². The summed E-state index contributed by atoms with van der Waals surface area (Å²) in [5, 5.41) is 0. The van der Waals surface area contributed by atoms with Gasteiger partial charge in [0.15, 0.2) is 0 Å². The van der Waals surface area contributed by atoms with Gasteiger partial charge in [0.2, 0.25) is 0 Å². The second kappa shape index (κ2) is 6.76. The number of hydrogen-bond acceptors (Lipinski definition) is 4. The molecule has 2 unspecified atom stereocenters. The Morgan fingerprint density at radius 3 is 1.61 bits per heavy atom. The minimum absolute atomic E-state index is 0.0985. The van der Waals surface area contributed by atoms with Gasteiger partial charge in [-0.3, -0.25) is 9.59 Å². The van der Waals surface area contributed by atoms with E-state index in [1.54, 1.807) is 0 Å². The summed E-state index contributed by atoms with van der Waals surface area (Å²) in [6, 6.07) is 0. The summed E-state index contributed by atoms with van der Waals surface area (Å²) in [4.78, 5) is 23.0. The largest absolute Gasteiger partial charge is 0.462 e. The van der Waals surface area contributed by atoms with Gasteiger partial charge in [-0.15, -0.1) is 0 Å². The van der Waals surface area contributed by atoms with Crippen molar-refractivity contribution in [2.45, 2.75) is 65.6 Å². The molecule has 1 rings (SSSR count). The van der Waals surface area contributed by atoms with Gasteiger partial charge in [0.05, 0.1) is 11.8 Å². The van der Waals surface area contributed by atoms with E-state index in [1.807, 2.05) is 27.7 Å². The zero-order chi connectivity index (χ0) is 13.7. The molecule has 104 valence electrons. The van der Waals surface area contributed by atoms with E-state index in [-0.39, 0.29) is 36.0 Å². The molecule has 0 bridgehead atoms. The Balaban J connectivity index is 2.41. The molecule has 0 spiro atoms. The first-order valence-electron chi connectivity index (χ1n) is 6.81. The molecule has 4 nitrogen and oxygen atoms in total. The number of ether oxygens (including phenoxy) is 2. The molecule has 2 atom stereocenters. The van der Waals surface area contributed by atoms with Crippen LogP contribution in [0.1, 0.15) is 53.4 Å². The van der Waals surface area contributed by atoms with E-state index >= 15 is 0 Å². The minimum Gasteiger partial charge on any atom is -0.462 e. The van der Waals surface area contributed by atoms with Crippen LogP contribution in [0.4, 0.5) is 0 Å². The maximum Gasteiger partial charge on any atom is 0.308 e. The zero-order valence-electron chi connectivity index (χ0n) is 11.8. The monoisotopic (exact) mass is 256 g/mol. The molecular formula is C14H24O4. The third-order valence-corrected chi connectivity index (χ3v) is 3.09. The van der Waals surface area contributed by atoms with E-state index < -0.39 is 0 Å². The number of carbonyl (C=O) groups excluding carboxylic acids is 2. The van der Waals surface area contributed by atoms with Gasteiger partial charge >= 0.3 is 11.9 Å². The van der Waals surface area contributed by atoms with E-state index in [1.165, 1.54) is 0 Å². The highest BCUT2D eigenvalue weighted by Crippen LogP contribution is 2.25. The van der Waals surface area contributed by atoms with E-state index in [0.717, 1.165) is 19.3 Å². The molecule has 0 aliphatic heterocycles. The van der Waals surface area contributed by atoms with Gasteiger partial charge in [0.25, 0.3) is 0 Å². The molecule has 0 radical (unpaired) electrons. The lowest BCUT2D eigenvalue weighted by Gasteiger charge is -2.29. The molecule has 18 heavy (non-hydrogen) atoms. The van der Waals surface area contributed by atoms with Gasteiger partial charge in [-0.2, -0.15) is 0 Å². The van der Waals surface area contributed by atoms with Crippen molar-refractivity contribution in [2.24, 2.45) is 11.8 Å². The van der Waals surface area contributed by atoms with Crippen LogP contribution in [0.15, 0.2) is 0 Å². The third kappa shape index (κ3) is 4.67. The van der Waals surface area contributed by atoms with Gasteiger partial charge in [0, 0.05) is 6.42 Å². The molecule has 0 aromatic rings. The smallest absolute Gasteiger partial charge is 0.308 e. The molecule has 0 aromatic heterocycles. The van der Waals surface area contributed by atoms with Crippen LogP contribution < -0.4 is 0 Å². The Morgan fingerprint density at radius 2 is 1.28 bits per heavy atom. The van der Waals surface area contributed by atoms with Crippen LogP contribution in [-0.2, 0) is 19.1 Å². The van der Waals surface area contributed by atoms with Crippen molar-refractivity contribution in [1.82, 2.24) is 0 Å². The Labute approximate surface area is 109 Å². The number of rotatable bonds is 4. The van der Waals surface area contributed by atoms with E-state index in [9.17, 15) is 9.59 Å². The average molecular weight is 256 g/mol. The maximum absolute atomic E-state index is 11.5. The second-order valence-electron chi connectivity index (χ2n) is 5.59. The van der Waals surface area contributed by atoms with E-state index in [2.05, 4.69) is 0 Å². The van der Waals surface area contributed by atoms with Crippen molar-refractivity contribution < 1.29 is 19.1 Å². The van der Waals surface area contributed by atoms with Gasteiger partial charge in [-0.25, -0.2) is 0 Å². The highest BCUT2D eigenvalue weighted by molar-refractivity contribution is 5.72. The summed E-state index contributed by atoms with van der Waals surface area (Å²) in [6.45, 7) is 7.28. The van der Waals surface area contributed by atoms with Gasteiger partial charge in [-0.1, -0.05) is 27.7 Å². The third-order valence-electron chi connectivity index (χ3n) is 3.09. The zero-order valence-corrected chi connectivity index (χ0v) is 11.8.